The van der Waals surface area contributed by atoms with Gasteiger partial charge in [-0.15, -0.1) is 0 Å². The molecule has 0 N–H and O–H groups in total. The Morgan fingerprint density at radius 1 is 1.00 bits per heavy atom. The Hall–Kier alpha value is -2.29. The minimum atomic E-state index is -0.0909. The van der Waals surface area contributed by atoms with Crippen molar-refractivity contribution in [3.8, 4) is 11.5 Å². The second-order valence-corrected chi connectivity index (χ2v) is 5.20. The highest BCUT2D eigenvalue weighted by Gasteiger charge is 2.18. The fourth-order valence-electron chi connectivity index (χ4n) is 2.16. The third kappa shape index (κ3) is 3.43. The van der Waals surface area contributed by atoms with Crippen LogP contribution in [0.2, 0.25) is 0 Å². The Labute approximate surface area is 125 Å². The van der Waals surface area contributed by atoms with Gasteiger partial charge < -0.3 is 9.47 Å². The van der Waals surface area contributed by atoms with Gasteiger partial charge in [0.25, 0.3) is 0 Å². The van der Waals surface area contributed by atoms with Gasteiger partial charge in [-0.3, -0.25) is 4.79 Å². The highest BCUT2D eigenvalue weighted by Crippen LogP contribution is 2.27. The third-order valence-corrected chi connectivity index (χ3v) is 3.09. The normalized spacial score (nSPS) is 10.5. The van der Waals surface area contributed by atoms with Crippen LogP contribution in [-0.4, -0.2) is 19.0 Å². The van der Waals surface area contributed by atoms with E-state index >= 15 is 0 Å². The van der Waals surface area contributed by atoms with Crippen molar-refractivity contribution in [3.63, 3.8) is 0 Å². The van der Waals surface area contributed by atoms with E-state index in [-0.39, 0.29) is 11.9 Å². The molecule has 0 fully saturated rings. The molecule has 2 aromatic carbocycles. The van der Waals surface area contributed by atoms with Crippen molar-refractivity contribution in [2.24, 2.45) is 0 Å². The quantitative estimate of drug-likeness (QED) is 0.778. The summed E-state index contributed by atoms with van der Waals surface area (Å²) in [5, 5.41) is 0. The standard InChI is InChI=1S/C18H20O3/c1-12(2)21-17-8-6-5-7-14(17)18(19)15-11-13(3)9-10-16(15)20-4/h5-12H,1-4H3. The number of hydrogen-bond acceptors (Lipinski definition) is 3. The fraction of sp³-hybridized carbons (Fsp3) is 0.278. The lowest BCUT2D eigenvalue weighted by Crippen LogP contribution is -2.11. The monoisotopic (exact) mass is 284 g/mol. The molecule has 2 aromatic rings. The van der Waals surface area contributed by atoms with E-state index in [1.165, 1.54) is 0 Å². The van der Waals surface area contributed by atoms with Crippen molar-refractivity contribution in [2.45, 2.75) is 26.9 Å². The lowest BCUT2D eigenvalue weighted by atomic mass is 10.00. The molecule has 3 nitrogen and oxygen atoms in total. The van der Waals surface area contributed by atoms with Crippen LogP contribution in [0.5, 0.6) is 11.5 Å². The minimum Gasteiger partial charge on any atom is -0.496 e. The zero-order valence-electron chi connectivity index (χ0n) is 12.8. The van der Waals surface area contributed by atoms with Crippen molar-refractivity contribution in [2.75, 3.05) is 7.11 Å². The van der Waals surface area contributed by atoms with Gasteiger partial charge in [0.05, 0.1) is 24.3 Å². The van der Waals surface area contributed by atoms with E-state index in [1.807, 2.05) is 57.2 Å². The fourth-order valence-corrected chi connectivity index (χ4v) is 2.16. The van der Waals surface area contributed by atoms with E-state index in [4.69, 9.17) is 9.47 Å². The number of methoxy groups -OCH3 is 1. The Morgan fingerprint density at radius 3 is 2.38 bits per heavy atom. The number of ether oxygens (including phenoxy) is 2. The molecule has 3 heteroatoms. The number of rotatable bonds is 5. The molecule has 110 valence electrons. The molecule has 0 unspecified atom stereocenters. The number of para-hydroxylation sites is 1. The second kappa shape index (κ2) is 6.44. The Balaban J connectivity index is 2.48. The van der Waals surface area contributed by atoms with Gasteiger partial charge in [-0.1, -0.05) is 23.8 Å². The van der Waals surface area contributed by atoms with E-state index in [1.54, 1.807) is 13.2 Å². The van der Waals surface area contributed by atoms with Gasteiger partial charge in [0, 0.05) is 0 Å². The SMILES string of the molecule is COc1ccc(C)cc1C(=O)c1ccccc1OC(C)C. The molecule has 0 atom stereocenters. The van der Waals surface area contributed by atoms with Gasteiger partial charge in [-0.05, 0) is 45.0 Å². The third-order valence-electron chi connectivity index (χ3n) is 3.09. The van der Waals surface area contributed by atoms with E-state index < -0.39 is 0 Å². The van der Waals surface area contributed by atoms with Crippen LogP contribution in [0, 0.1) is 6.92 Å². The molecule has 0 amide bonds. The first-order chi connectivity index (χ1) is 10.0. The van der Waals surface area contributed by atoms with Crippen molar-refractivity contribution < 1.29 is 14.3 Å². The lowest BCUT2D eigenvalue weighted by Gasteiger charge is -2.14. The molecule has 0 aliphatic carbocycles. The van der Waals surface area contributed by atoms with E-state index in [0.29, 0.717) is 22.6 Å². The lowest BCUT2D eigenvalue weighted by molar-refractivity contribution is 0.103. The van der Waals surface area contributed by atoms with Crippen molar-refractivity contribution in [1.29, 1.82) is 0 Å². The first-order valence-corrected chi connectivity index (χ1v) is 6.98. The number of benzene rings is 2. The molecule has 0 radical (unpaired) electrons. The summed E-state index contributed by atoms with van der Waals surface area (Å²) in [6.07, 6.45) is 0.0124. The number of carbonyl (C=O) groups excluding carboxylic acids is 1. The molecule has 0 aliphatic rings. The van der Waals surface area contributed by atoms with Crippen LogP contribution in [0.3, 0.4) is 0 Å². The van der Waals surface area contributed by atoms with Crippen LogP contribution in [0.1, 0.15) is 35.3 Å². The molecule has 2 rings (SSSR count). The maximum atomic E-state index is 12.8. The second-order valence-electron chi connectivity index (χ2n) is 5.20. The Morgan fingerprint density at radius 2 is 1.71 bits per heavy atom. The Kier molecular flexibility index (Phi) is 4.63. The summed E-state index contributed by atoms with van der Waals surface area (Å²) in [7, 11) is 1.57. The molecular weight excluding hydrogens is 264 g/mol. The van der Waals surface area contributed by atoms with E-state index in [0.717, 1.165) is 5.56 Å². The van der Waals surface area contributed by atoms with Crippen LogP contribution in [-0.2, 0) is 0 Å². The average molecular weight is 284 g/mol. The zero-order chi connectivity index (χ0) is 15.4. The summed E-state index contributed by atoms with van der Waals surface area (Å²) in [6, 6.07) is 12.9. The Bertz CT molecular complexity index is 645. The molecule has 0 aliphatic heterocycles. The minimum absolute atomic E-state index is 0.0124. The first kappa shape index (κ1) is 15.1. The summed E-state index contributed by atoms with van der Waals surface area (Å²) in [6.45, 7) is 5.83. The number of ketones is 1. The molecular formula is C18H20O3. The van der Waals surface area contributed by atoms with Crippen molar-refractivity contribution >= 4 is 5.78 Å². The summed E-state index contributed by atoms with van der Waals surface area (Å²) < 4.78 is 11.0. The molecule has 0 saturated carbocycles. The van der Waals surface area contributed by atoms with Crippen LogP contribution in [0.15, 0.2) is 42.5 Å². The van der Waals surface area contributed by atoms with E-state index in [9.17, 15) is 4.79 Å². The molecule has 0 heterocycles. The first-order valence-electron chi connectivity index (χ1n) is 6.98. The summed E-state index contributed by atoms with van der Waals surface area (Å²) in [5.41, 5.74) is 2.12. The van der Waals surface area contributed by atoms with Gasteiger partial charge >= 0.3 is 0 Å². The topological polar surface area (TPSA) is 35.5 Å². The van der Waals surface area contributed by atoms with Crippen LogP contribution in [0.4, 0.5) is 0 Å². The predicted octanol–water partition coefficient (Wildman–Crippen LogP) is 4.02. The maximum Gasteiger partial charge on any atom is 0.200 e. The van der Waals surface area contributed by atoms with E-state index in [2.05, 4.69) is 0 Å². The highest BCUT2D eigenvalue weighted by molar-refractivity contribution is 6.12. The molecule has 0 bridgehead atoms. The maximum absolute atomic E-state index is 12.8. The van der Waals surface area contributed by atoms with Gasteiger partial charge in [0.15, 0.2) is 5.78 Å². The number of aryl methyl sites for hydroxylation is 1. The molecule has 0 aromatic heterocycles. The number of hydrogen-bond donors (Lipinski definition) is 0. The van der Waals surface area contributed by atoms with Gasteiger partial charge in [0.2, 0.25) is 0 Å². The summed E-state index contributed by atoms with van der Waals surface area (Å²) in [5.74, 6) is 1.08. The van der Waals surface area contributed by atoms with Crippen molar-refractivity contribution in [3.05, 3.63) is 59.2 Å². The summed E-state index contributed by atoms with van der Waals surface area (Å²) >= 11 is 0. The molecule has 21 heavy (non-hydrogen) atoms. The molecule has 0 spiro atoms. The van der Waals surface area contributed by atoms with Crippen LogP contribution < -0.4 is 9.47 Å². The van der Waals surface area contributed by atoms with Crippen LogP contribution in [0.25, 0.3) is 0 Å². The largest absolute Gasteiger partial charge is 0.496 e. The van der Waals surface area contributed by atoms with Gasteiger partial charge in [0.1, 0.15) is 11.5 Å². The summed E-state index contributed by atoms with van der Waals surface area (Å²) in [4.78, 5) is 12.8. The highest BCUT2D eigenvalue weighted by atomic mass is 16.5. The number of carbonyl (C=O) groups is 1. The molecule has 0 saturated heterocycles. The smallest absolute Gasteiger partial charge is 0.200 e. The van der Waals surface area contributed by atoms with Crippen molar-refractivity contribution in [1.82, 2.24) is 0 Å². The van der Waals surface area contributed by atoms with Gasteiger partial charge in [-0.25, -0.2) is 0 Å². The zero-order valence-corrected chi connectivity index (χ0v) is 12.8. The predicted molar refractivity (Wildman–Crippen MR) is 83.4 cm³/mol. The van der Waals surface area contributed by atoms with Gasteiger partial charge in [-0.2, -0.15) is 0 Å². The van der Waals surface area contributed by atoms with Crippen LogP contribution >= 0.6 is 0 Å². The average Bonchev–Trinajstić information content (AvgIpc) is 2.46.